The smallest absolute Gasteiger partial charge is 0.0782 e. The van der Waals surface area contributed by atoms with E-state index < -0.39 is 0 Å². The van der Waals surface area contributed by atoms with Crippen molar-refractivity contribution in [1.29, 1.82) is 0 Å². The Morgan fingerprint density at radius 1 is 0.380 bits per heavy atom. The normalized spacial score (nSPS) is 11.6. The second kappa shape index (κ2) is 11.5. The van der Waals surface area contributed by atoms with Crippen molar-refractivity contribution in [3.63, 3.8) is 0 Å². The molecule has 0 amide bonds. The maximum Gasteiger partial charge on any atom is 0.0782 e. The Bertz CT molecular complexity index is 2860. The van der Waals surface area contributed by atoms with Crippen LogP contribution in [0, 0.1) is 0 Å². The van der Waals surface area contributed by atoms with Crippen LogP contribution in [0.4, 0.5) is 17.1 Å². The van der Waals surface area contributed by atoms with Gasteiger partial charge in [-0.1, -0.05) is 152 Å². The SMILES string of the molecule is c1ccc(-c2ccccc2N(c2ccc3ccc4ccc5ccccc5c4c3c2)c2cccc3c4ccccc4n(-c4ccccc4)c23)cc1. The van der Waals surface area contributed by atoms with E-state index in [0.29, 0.717) is 0 Å². The van der Waals surface area contributed by atoms with E-state index in [0.717, 1.165) is 22.7 Å². The van der Waals surface area contributed by atoms with Crippen LogP contribution in [0.5, 0.6) is 0 Å². The van der Waals surface area contributed by atoms with Crippen molar-refractivity contribution in [1.82, 2.24) is 4.57 Å². The van der Waals surface area contributed by atoms with E-state index >= 15 is 0 Å². The average Bonchev–Trinajstić information content (AvgIpc) is 3.54. The van der Waals surface area contributed by atoms with Crippen LogP contribution < -0.4 is 4.90 Å². The van der Waals surface area contributed by atoms with E-state index in [-0.39, 0.29) is 0 Å². The van der Waals surface area contributed by atoms with Crippen molar-refractivity contribution in [2.75, 3.05) is 4.90 Å². The van der Waals surface area contributed by atoms with E-state index in [9.17, 15) is 0 Å². The zero-order valence-electron chi connectivity index (χ0n) is 27.4. The third-order valence-corrected chi connectivity index (χ3v) is 10.1. The quantitative estimate of drug-likeness (QED) is 0.171. The number of rotatable bonds is 5. The molecule has 0 spiro atoms. The predicted molar refractivity (Wildman–Crippen MR) is 213 cm³/mol. The van der Waals surface area contributed by atoms with Crippen LogP contribution in [0.25, 0.3) is 70.9 Å². The molecule has 1 heterocycles. The molecule has 10 rings (SSSR count). The topological polar surface area (TPSA) is 8.17 Å². The molecule has 9 aromatic carbocycles. The second-order valence-electron chi connectivity index (χ2n) is 12.9. The number of hydrogen-bond acceptors (Lipinski definition) is 1. The maximum absolute atomic E-state index is 2.48. The minimum atomic E-state index is 1.11. The third kappa shape index (κ3) is 4.43. The molecule has 234 valence electrons. The second-order valence-corrected chi connectivity index (χ2v) is 12.9. The summed E-state index contributed by atoms with van der Waals surface area (Å²) in [6.45, 7) is 0. The largest absolute Gasteiger partial charge is 0.308 e. The molecule has 0 aliphatic rings. The van der Waals surface area contributed by atoms with Crippen LogP contribution in [0.1, 0.15) is 0 Å². The Balaban J connectivity index is 1.34. The van der Waals surface area contributed by atoms with Gasteiger partial charge in [0.25, 0.3) is 0 Å². The number of hydrogen-bond donors (Lipinski definition) is 0. The summed E-state index contributed by atoms with van der Waals surface area (Å²) in [7, 11) is 0. The molecule has 0 N–H and O–H groups in total. The Morgan fingerprint density at radius 3 is 1.82 bits per heavy atom. The van der Waals surface area contributed by atoms with Crippen LogP contribution in [-0.4, -0.2) is 4.57 Å². The van der Waals surface area contributed by atoms with Gasteiger partial charge in [0.1, 0.15) is 0 Å². The molecular weight excluding hydrogens is 605 g/mol. The van der Waals surface area contributed by atoms with Gasteiger partial charge in [0.2, 0.25) is 0 Å². The van der Waals surface area contributed by atoms with Gasteiger partial charge in [-0.05, 0) is 80.3 Å². The fraction of sp³-hybridized carbons (Fsp3) is 0. The minimum Gasteiger partial charge on any atom is -0.308 e. The first-order valence-electron chi connectivity index (χ1n) is 17.2. The van der Waals surface area contributed by atoms with Gasteiger partial charge in [-0.2, -0.15) is 0 Å². The van der Waals surface area contributed by atoms with Gasteiger partial charge < -0.3 is 9.47 Å². The van der Waals surface area contributed by atoms with Crippen molar-refractivity contribution < 1.29 is 0 Å². The van der Waals surface area contributed by atoms with Gasteiger partial charge >= 0.3 is 0 Å². The van der Waals surface area contributed by atoms with Gasteiger partial charge in [-0.25, -0.2) is 0 Å². The van der Waals surface area contributed by atoms with Crippen molar-refractivity contribution >= 4 is 71.2 Å². The summed E-state index contributed by atoms with van der Waals surface area (Å²) in [6, 6.07) is 70.6. The van der Waals surface area contributed by atoms with Crippen LogP contribution in [0.2, 0.25) is 0 Å². The number of aromatic nitrogens is 1. The first-order chi connectivity index (χ1) is 24.8. The maximum atomic E-state index is 2.48. The van der Waals surface area contributed by atoms with Gasteiger partial charge in [0.15, 0.2) is 0 Å². The molecule has 1 aromatic heterocycles. The molecule has 0 bridgehead atoms. The monoisotopic (exact) mass is 636 g/mol. The average molecular weight is 637 g/mol. The van der Waals surface area contributed by atoms with Gasteiger partial charge in [-0.15, -0.1) is 0 Å². The third-order valence-electron chi connectivity index (χ3n) is 10.1. The summed E-state index contributed by atoms with van der Waals surface area (Å²) >= 11 is 0. The van der Waals surface area contributed by atoms with E-state index in [4.69, 9.17) is 0 Å². The van der Waals surface area contributed by atoms with Gasteiger partial charge in [-0.3, -0.25) is 0 Å². The molecule has 0 fully saturated rings. The van der Waals surface area contributed by atoms with Crippen LogP contribution >= 0.6 is 0 Å². The van der Waals surface area contributed by atoms with Gasteiger partial charge in [0, 0.05) is 27.7 Å². The number of para-hydroxylation sites is 4. The van der Waals surface area contributed by atoms with Crippen LogP contribution in [-0.2, 0) is 0 Å². The first-order valence-corrected chi connectivity index (χ1v) is 17.2. The lowest BCUT2D eigenvalue weighted by atomic mass is 9.95. The van der Waals surface area contributed by atoms with Crippen LogP contribution in [0.3, 0.4) is 0 Å². The fourth-order valence-corrected chi connectivity index (χ4v) is 7.92. The molecule has 0 unspecified atom stereocenters. The standard InChI is InChI=1S/C48H32N2/c1-3-14-33(15-4-1)39-19-9-11-23-44(39)49(38-31-30-35-27-29-36-28-26-34-16-7-8-20-40(34)47(36)43(35)32-38)46-25-13-22-42-41-21-10-12-24-45(41)50(48(42)46)37-17-5-2-6-18-37/h1-32H. The molecule has 2 nitrogen and oxygen atoms in total. The van der Waals surface area contributed by atoms with Crippen molar-refractivity contribution in [2.45, 2.75) is 0 Å². The highest BCUT2D eigenvalue weighted by Crippen LogP contribution is 2.47. The lowest BCUT2D eigenvalue weighted by Gasteiger charge is -2.29. The Morgan fingerprint density at radius 2 is 0.980 bits per heavy atom. The lowest BCUT2D eigenvalue weighted by Crippen LogP contribution is -2.13. The molecule has 0 radical (unpaired) electrons. The van der Waals surface area contributed by atoms with Crippen molar-refractivity contribution in [3.8, 4) is 16.8 Å². The van der Waals surface area contributed by atoms with Crippen molar-refractivity contribution in [3.05, 3.63) is 194 Å². The first kappa shape index (κ1) is 28.4. The van der Waals surface area contributed by atoms with Gasteiger partial charge in [0.05, 0.1) is 22.4 Å². The molecule has 0 atom stereocenters. The summed E-state index contributed by atoms with van der Waals surface area (Å²) < 4.78 is 2.43. The number of benzene rings is 9. The van der Waals surface area contributed by atoms with Crippen molar-refractivity contribution in [2.24, 2.45) is 0 Å². The molecule has 0 aliphatic carbocycles. The molecule has 2 heteroatoms. The highest BCUT2D eigenvalue weighted by Gasteiger charge is 2.23. The molecule has 50 heavy (non-hydrogen) atoms. The summed E-state index contributed by atoms with van der Waals surface area (Å²) in [5.41, 5.74) is 9.21. The van der Waals surface area contributed by atoms with E-state index in [2.05, 4.69) is 204 Å². The Hall–Kier alpha value is -6.64. The van der Waals surface area contributed by atoms with Crippen LogP contribution in [0.15, 0.2) is 194 Å². The number of nitrogens with zero attached hydrogens (tertiary/aromatic N) is 2. The predicted octanol–water partition coefficient (Wildman–Crippen LogP) is 13.4. The summed E-state index contributed by atoms with van der Waals surface area (Å²) in [6.07, 6.45) is 0. The zero-order valence-corrected chi connectivity index (χ0v) is 27.4. The van der Waals surface area contributed by atoms with E-state index in [1.807, 2.05) is 0 Å². The molecule has 0 saturated heterocycles. The van der Waals surface area contributed by atoms with E-state index in [1.54, 1.807) is 0 Å². The highest BCUT2D eigenvalue weighted by atomic mass is 15.2. The molecule has 10 aromatic rings. The number of anilines is 3. The minimum absolute atomic E-state index is 1.11. The van der Waals surface area contributed by atoms with E-state index in [1.165, 1.54) is 65.3 Å². The zero-order chi connectivity index (χ0) is 33.0. The molecule has 0 aliphatic heterocycles. The molecular formula is C48H32N2. The molecule has 0 saturated carbocycles. The summed E-state index contributed by atoms with van der Waals surface area (Å²) in [5.74, 6) is 0. The summed E-state index contributed by atoms with van der Waals surface area (Å²) in [5, 5.41) is 9.99. The highest BCUT2D eigenvalue weighted by molar-refractivity contribution is 6.21. The summed E-state index contributed by atoms with van der Waals surface area (Å²) in [4.78, 5) is 2.48. The number of fused-ring (bicyclic) bond motifs is 8. The lowest BCUT2D eigenvalue weighted by molar-refractivity contribution is 1.17. The fourth-order valence-electron chi connectivity index (χ4n) is 7.92. The Kier molecular flexibility index (Phi) is 6.53. The Labute approximate surface area is 290 Å².